The van der Waals surface area contributed by atoms with Crippen LogP contribution in [0.3, 0.4) is 0 Å². The second-order valence-corrected chi connectivity index (χ2v) is 8.49. The molecule has 0 aromatic heterocycles. The van der Waals surface area contributed by atoms with Crippen LogP contribution in [-0.4, -0.2) is 37.1 Å². The molecular weight excluding hydrogens is 244 g/mol. The molecule has 0 heterocycles. The van der Waals surface area contributed by atoms with Crippen molar-refractivity contribution in [2.75, 3.05) is 20.6 Å². The summed E-state index contributed by atoms with van der Waals surface area (Å²) in [4.78, 5) is 2.51. The summed E-state index contributed by atoms with van der Waals surface area (Å²) in [7, 11) is 4.57. The van der Waals surface area contributed by atoms with Crippen LogP contribution in [0.25, 0.3) is 0 Å². The highest BCUT2D eigenvalue weighted by Crippen LogP contribution is 2.38. The molecule has 3 unspecified atom stereocenters. The molecule has 20 heavy (non-hydrogen) atoms. The lowest BCUT2D eigenvalue weighted by Crippen LogP contribution is -2.57. The summed E-state index contributed by atoms with van der Waals surface area (Å²) in [6, 6.07) is 0.713. The Labute approximate surface area is 126 Å². The van der Waals surface area contributed by atoms with Crippen LogP contribution in [0.5, 0.6) is 0 Å². The Morgan fingerprint density at radius 2 is 1.80 bits per heavy atom. The van der Waals surface area contributed by atoms with Crippen molar-refractivity contribution >= 4 is 0 Å². The van der Waals surface area contributed by atoms with Crippen molar-refractivity contribution in [2.24, 2.45) is 11.3 Å². The number of likely N-dealkylation sites (N-methyl/N-ethyl adjacent to an activating group) is 1. The second-order valence-electron chi connectivity index (χ2n) is 8.49. The van der Waals surface area contributed by atoms with Gasteiger partial charge in [-0.25, -0.2) is 0 Å². The smallest absolute Gasteiger partial charge is 0.0330 e. The van der Waals surface area contributed by atoms with Gasteiger partial charge in [0.25, 0.3) is 0 Å². The van der Waals surface area contributed by atoms with Crippen molar-refractivity contribution in [2.45, 2.75) is 83.7 Å². The van der Waals surface area contributed by atoms with Gasteiger partial charge in [0, 0.05) is 18.1 Å². The van der Waals surface area contributed by atoms with Crippen LogP contribution >= 0.6 is 0 Å². The van der Waals surface area contributed by atoms with E-state index in [1.54, 1.807) is 0 Å². The topological polar surface area (TPSA) is 15.3 Å². The number of rotatable bonds is 4. The molecule has 2 aliphatic carbocycles. The Morgan fingerprint density at radius 1 is 1.05 bits per heavy atom. The lowest BCUT2D eigenvalue weighted by Gasteiger charge is -2.48. The Morgan fingerprint density at radius 3 is 2.40 bits per heavy atom. The molecule has 1 N–H and O–H groups in total. The summed E-state index contributed by atoms with van der Waals surface area (Å²) in [5.41, 5.74) is 0.872. The highest BCUT2D eigenvalue weighted by molar-refractivity contribution is 4.97. The predicted octanol–water partition coefficient (Wildman–Crippen LogP) is 4.06. The summed E-state index contributed by atoms with van der Waals surface area (Å²) in [6.07, 6.45) is 11.1. The van der Waals surface area contributed by atoms with Gasteiger partial charge >= 0.3 is 0 Å². The third kappa shape index (κ3) is 3.57. The number of hydrogen-bond acceptors (Lipinski definition) is 2. The van der Waals surface area contributed by atoms with E-state index in [0.29, 0.717) is 17.0 Å². The van der Waals surface area contributed by atoms with Gasteiger partial charge in [-0.2, -0.15) is 0 Å². The number of nitrogens with zero attached hydrogens (tertiary/aromatic N) is 1. The van der Waals surface area contributed by atoms with Crippen molar-refractivity contribution in [1.29, 1.82) is 0 Å². The first-order chi connectivity index (χ1) is 9.36. The normalized spacial score (nSPS) is 38.1. The zero-order valence-corrected chi connectivity index (χ0v) is 14.5. The SMILES string of the molecule is CC1CCCC(CNC2CCCCC2(C)C)(N(C)C)C1. The Kier molecular flexibility index (Phi) is 5.18. The average Bonchev–Trinajstić information content (AvgIpc) is 2.37. The van der Waals surface area contributed by atoms with E-state index in [-0.39, 0.29) is 0 Å². The van der Waals surface area contributed by atoms with Crippen LogP contribution in [0.1, 0.15) is 72.1 Å². The molecule has 0 amide bonds. The van der Waals surface area contributed by atoms with Crippen LogP contribution in [-0.2, 0) is 0 Å². The molecule has 2 nitrogen and oxygen atoms in total. The quantitative estimate of drug-likeness (QED) is 0.835. The van der Waals surface area contributed by atoms with Gasteiger partial charge in [-0.1, -0.05) is 46.5 Å². The van der Waals surface area contributed by atoms with Gasteiger partial charge in [0.05, 0.1) is 0 Å². The zero-order valence-electron chi connectivity index (χ0n) is 14.5. The summed E-state index contributed by atoms with van der Waals surface area (Å²) in [5.74, 6) is 0.882. The van der Waals surface area contributed by atoms with Gasteiger partial charge in [0.15, 0.2) is 0 Å². The molecule has 3 atom stereocenters. The molecule has 0 aromatic carbocycles. The lowest BCUT2D eigenvalue weighted by molar-refractivity contribution is 0.0597. The summed E-state index contributed by atoms with van der Waals surface area (Å²) >= 11 is 0. The Bertz CT molecular complexity index is 311. The van der Waals surface area contributed by atoms with Crippen molar-refractivity contribution in [3.8, 4) is 0 Å². The molecule has 0 aliphatic heterocycles. The summed E-state index contributed by atoms with van der Waals surface area (Å²) in [6.45, 7) is 8.52. The van der Waals surface area contributed by atoms with Crippen LogP contribution < -0.4 is 5.32 Å². The van der Waals surface area contributed by atoms with E-state index in [2.05, 4.69) is 45.1 Å². The van der Waals surface area contributed by atoms with Crippen molar-refractivity contribution in [1.82, 2.24) is 10.2 Å². The highest BCUT2D eigenvalue weighted by atomic mass is 15.2. The predicted molar refractivity (Wildman–Crippen MR) is 88.1 cm³/mol. The number of hydrogen-bond donors (Lipinski definition) is 1. The first-order valence-electron chi connectivity index (χ1n) is 8.77. The molecular formula is C18H36N2. The fraction of sp³-hybridized carbons (Fsp3) is 1.00. The highest BCUT2D eigenvalue weighted by Gasteiger charge is 2.39. The standard InChI is InChI=1S/C18H36N2/c1-15-9-8-12-18(13-15,20(4)5)14-19-16-10-6-7-11-17(16,2)3/h15-16,19H,6-14H2,1-5H3. The van der Waals surface area contributed by atoms with E-state index in [1.165, 1.54) is 57.9 Å². The molecule has 2 heteroatoms. The van der Waals surface area contributed by atoms with E-state index in [9.17, 15) is 0 Å². The van der Waals surface area contributed by atoms with Gasteiger partial charge in [-0.15, -0.1) is 0 Å². The minimum absolute atomic E-state index is 0.394. The molecule has 2 saturated carbocycles. The van der Waals surface area contributed by atoms with Crippen LogP contribution in [0, 0.1) is 11.3 Å². The fourth-order valence-electron chi connectivity index (χ4n) is 4.54. The third-order valence-corrected chi connectivity index (χ3v) is 6.20. The molecule has 0 radical (unpaired) electrons. The molecule has 0 spiro atoms. The molecule has 0 saturated heterocycles. The Hall–Kier alpha value is -0.0800. The third-order valence-electron chi connectivity index (χ3n) is 6.20. The largest absolute Gasteiger partial charge is 0.312 e. The van der Waals surface area contributed by atoms with E-state index >= 15 is 0 Å². The minimum Gasteiger partial charge on any atom is -0.312 e. The molecule has 2 aliphatic rings. The Balaban J connectivity index is 1.98. The van der Waals surface area contributed by atoms with Crippen LogP contribution in [0.15, 0.2) is 0 Å². The lowest BCUT2D eigenvalue weighted by atomic mass is 9.72. The van der Waals surface area contributed by atoms with Crippen molar-refractivity contribution < 1.29 is 0 Å². The van der Waals surface area contributed by atoms with E-state index in [1.807, 2.05) is 0 Å². The molecule has 0 bridgehead atoms. The maximum Gasteiger partial charge on any atom is 0.0330 e. The maximum atomic E-state index is 3.98. The minimum atomic E-state index is 0.394. The molecule has 0 aromatic rings. The van der Waals surface area contributed by atoms with Crippen molar-refractivity contribution in [3.63, 3.8) is 0 Å². The van der Waals surface area contributed by atoms with Gasteiger partial charge in [-0.3, -0.25) is 0 Å². The van der Waals surface area contributed by atoms with Gasteiger partial charge in [0.1, 0.15) is 0 Å². The summed E-state index contributed by atoms with van der Waals surface area (Å²) < 4.78 is 0. The number of nitrogens with one attached hydrogen (secondary N) is 1. The monoisotopic (exact) mass is 280 g/mol. The van der Waals surface area contributed by atoms with E-state index in [4.69, 9.17) is 0 Å². The molecule has 118 valence electrons. The molecule has 2 rings (SSSR count). The van der Waals surface area contributed by atoms with E-state index < -0.39 is 0 Å². The van der Waals surface area contributed by atoms with Crippen molar-refractivity contribution in [3.05, 3.63) is 0 Å². The van der Waals surface area contributed by atoms with Gasteiger partial charge in [-0.05, 0) is 51.1 Å². The van der Waals surface area contributed by atoms with Crippen LogP contribution in [0.2, 0.25) is 0 Å². The summed E-state index contributed by atoms with van der Waals surface area (Å²) in [5, 5.41) is 3.98. The van der Waals surface area contributed by atoms with Gasteiger partial charge in [0.2, 0.25) is 0 Å². The molecule has 2 fully saturated rings. The first-order valence-corrected chi connectivity index (χ1v) is 8.77. The second kappa shape index (κ2) is 6.36. The zero-order chi connectivity index (χ0) is 14.8. The first kappa shape index (κ1) is 16.3. The maximum absolute atomic E-state index is 3.98. The fourth-order valence-corrected chi connectivity index (χ4v) is 4.54. The average molecular weight is 280 g/mol. The van der Waals surface area contributed by atoms with E-state index in [0.717, 1.165) is 5.92 Å². The van der Waals surface area contributed by atoms with Crippen LogP contribution in [0.4, 0.5) is 0 Å². The van der Waals surface area contributed by atoms with Gasteiger partial charge < -0.3 is 10.2 Å².